The van der Waals surface area contributed by atoms with E-state index >= 15 is 0 Å². The van der Waals surface area contributed by atoms with Crippen LogP contribution in [0.1, 0.15) is 11.4 Å². The molecule has 0 atom stereocenters. The molecule has 0 saturated carbocycles. The van der Waals surface area contributed by atoms with Gasteiger partial charge in [-0.25, -0.2) is 14.4 Å². The molecular formula is C11H5Cl3FIN2. The normalized spacial score (nSPS) is 10.7. The van der Waals surface area contributed by atoms with Crippen molar-refractivity contribution >= 4 is 57.4 Å². The van der Waals surface area contributed by atoms with E-state index in [0.717, 1.165) is 0 Å². The van der Waals surface area contributed by atoms with Gasteiger partial charge in [0, 0.05) is 17.0 Å². The average molecular weight is 417 g/mol. The predicted octanol–water partition coefficient (Wildman–Crippen LogP) is 4.77. The quantitative estimate of drug-likeness (QED) is 0.520. The van der Waals surface area contributed by atoms with Gasteiger partial charge in [0.1, 0.15) is 21.9 Å². The number of halogens is 5. The molecule has 0 spiro atoms. The Bertz CT molecular complexity index is 564. The summed E-state index contributed by atoms with van der Waals surface area (Å²) in [7, 11) is 0. The molecule has 0 bridgehead atoms. The van der Waals surface area contributed by atoms with Gasteiger partial charge in [-0.2, -0.15) is 0 Å². The van der Waals surface area contributed by atoms with E-state index in [1.54, 1.807) is 6.07 Å². The number of aromatic nitrogens is 2. The summed E-state index contributed by atoms with van der Waals surface area (Å²) in [5.74, 6) is -0.0747. The van der Waals surface area contributed by atoms with Gasteiger partial charge in [-0.3, -0.25) is 0 Å². The van der Waals surface area contributed by atoms with Crippen molar-refractivity contribution in [3.05, 3.63) is 54.3 Å². The van der Waals surface area contributed by atoms with Gasteiger partial charge >= 0.3 is 0 Å². The summed E-state index contributed by atoms with van der Waals surface area (Å²) in [5.41, 5.74) is 0.326. The fraction of sp³-hybridized carbons (Fsp3) is 0.0909. The Hall–Kier alpha value is -0.170. The Morgan fingerprint density at radius 1 is 1.11 bits per heavy atom. The zero-order valence-electron chi connectivity index (χ0n) is 8.72. The molecule has 18 heavy (non-hydrogen) atoms. The van der Waals surface area contributed by atoms with Crippen molar-refractivity contribution in [2.45, 2.75) is 6.42 Å². The highest BCUT2D eigenvalue weighted by molar-refractivity contribution is 14.1. The van der Waals surface area contributed by atoms with Crippen molar-refractivity contribution in [1.29, 1.82) is 0 Å². The van der Waals surface area contributed by atoms with E-state index in [9.17, 15) is 4.39 Å². The number of benzene rings is 1. The summed E-state index contributed by atoms with van der Waals surface area (Å²) >= 11 is 19.7. The third-order valence-electron chi connectivity index (χ3n) is 2.21. The van der Waals surface area contributed by atoms with Crippen LogP contribution in [0, 0.1) is 9.39 Å². The molecule has 1 aromatic heterocycles. The van der Waals surface area contributed by atoms with Gasteiger partial charge in [0.25, 0.3) is 0 Å². The van der Waals surface area contributed by atoms with Crippen LogP contribution in [0.25, 0.3) is 0 Å². The maximum atomic E-state index is 13.6. The van der Waals surface area contributed by atoms with Crippen LogP contribution in [0.4, 0.5) is 4.39 Å². The Kier molecular flexibility index (Phi) is 4.64. The molecular weight excluding hydrogens is 412 g/mol. The number of hydrogen-bond acceptors (Lipinski definition) is 2. The molecule has 0 N–H and O–H groups in total. The second kappa shape index (κ2) is 5.86. The first-order valence-electron chi connectivity index (χ1n) is 4.79. The molecule has 2 rings (SSSR count). The lowest BCUT2D eigenvalue weighted by Crippen LogP contribution is -2.02. The third kappa shape index (κ3) is 3.04. The second-order valence-corrected chi connectivity index (χ2v) is 5.61. The number of rotatable bonds is 2. The number of nitrogens with zero attached hydrogens (tertiary/aromatic N) is 2. The first kappa shape index (κ1) is 14.2. The first-order valence-corrected chi connectivity index (χ1v) is 7.00. The summed E-state index contributed by atoms with van der Waals surface area (Å²) in [5, 5.41) is 0.820. The maximum absolute atomic E-state index is 13.6. The van der Waals surface area contributed by atoms with Crippen LogP contribution >= 0.6 is 57.4 Å². The smallest absolute Gasteiger partial charge is 0.147 e. The fourth-order valence-electron chi connectivity index (χ4n) is 1.37. The summed E-state index contributed by atoms with van der Waals surface area (Å²) < 4.78 is 14.2. The molecule has 0 aliphatic heterocycles. The third-order valence-corrected chi connectivity index (χ3v) is 4.77. The van der Waals surface area contributed by atoms with Gasteiger partial charge in [-0.15, -0.1) is 0 Å². The molecule has 2 nitrogen and oxygen atoms in total. The van der Waals surface area contributed by atoms with Crippen molar-refractivity contribution < 1.29 is 4.39 Å². The van der Waals surface area contributed by atoms with Crippen LogP contribution in [0.15, 0.2) is 18.2 Å². The highest BCUT2D eigenvalue weighted by atomic mass is 127. The maximum Gasteiger partial charge on any atom is 0.147 e. The van der Waals surface area contributed by atoms with Gasteiger partial charge in [0.2, 0.25) is 0 Å². The molecule has 0 aliphatic carbocycles. The van der Waals surface area contributed by atoms with Crippen molar-refractivity contribution in [2.75, 3.05) is 0 Å². The van der Waals surface area contributed by atoms with Crippen LogP contribution in [0.3, 0.4) is 0 Å². The molecule has 0 saturated heterocycles. The van der Waals surface area contributed by atoms with Gasteiger partial charge in [0.05, 0.1) is 3.57 Å². The monoisotopic (exact) mass is 416 g/mol. The van der Waals surface area contributed by atoms with Gasteiger partial charge in [0.15, 0.2) is 0 Å². The molecule has 2 aromatic rings. The number of hydrogen-bond donors (Lipinski definition) is 0. The minimum atomic E-state index is -0.406. The topological polar surface area (TPSA) is 25.8 Å². The van der Waals surface area contributed by atoms with Gasteiger partial charge in [-0.1, -0.05) is 40.9 Å². The molecule has 0 radical (unpaired) electrons. The summed E-state index contributed by atoms with van der Waals surface area (Å²) in [4.78, 5) is 8.10. The Labute approximate surface area is 132 Å². The SMILES string of the molecule is Fc1cccc(Cl)c1Cc1nc(Cl)c(I)c(Cl)n1. The minimum absolute atomic E-state index is 0.141. The zero-order chi connectivity index (χ0) is 13.3. The van der Waals surface area contributed by atoms with Crippen molar-refractivity contribution in [3.8, 4) is 0 Å². The van der Waals surface area contributed by atoms with E-state index in [1.165, 1.54) is 12.1 Å². The standard InChI is InChI=1S/C11H5Cl3FIN2/c12-6-2-1-3-7(15)5(6)4-8-17-10(13)9(16)11(14)18-8/h1-3H,4H2. The van der Waals surface area contributed by atoms with E-state index < -0.39 is 5.82 Å². The predicted molar refractivity (Wildman–Crippen MR) is 79.0 cm³/mol. The largest absolute Gasteiger partial charge is 0.220 e. The van der Waals surface area contributed by atoms with Gasteiger partial charge in [-0.05, 0) is 34.7 Å². The Balaban J connectivity index is 2.41. The van der Waals surface area contributed by atoms with Crippen LogP contribution in [0.5, 0.6) is 0 Å². The second-order valence-electron chi connectivity index (χ2n) is 3.41. The van der Waals surface area contributed by atoms with Gasteiger partial charge < -0.3 is 0 Å². The van der Waals surface area contributed by atoms with Crippen LogP contribution in [0.2, 0.25) is 15.3 Å². The summed E-state index contributed by atoms with van der Waals surface area (Å²) in [6.45, 7) is 0. The van der Waals surface area contributed by atoms with E-state index in [2.05, 4.69) is 9.97 Å². The molecule has 7 heteroatoms. The van der Waals surface area contributed by atoms with Crippen LogP contribution in [-0.2, 0) is 6.42 Å². The fourth-order valence-corrected chi connectivity index (χ4v) is 2.27. The minimum Gasteiger partial charge on any atom is -0.220 e. The van der Waals surface area contributed by atoms with E-state index in [1.807, 2.05) is 22.6 Å². The van der Waals surface area contributed by atoms with Crippen molar-refractivity contribution in [2.24, 2.45) is 0 Å². The molecule has 0 fully saturated rings. The lowest BCUT2D eigenvalue weighted by Gasteiger charge is -2.06. The Morgan fingerprint density at radius 3 is 2.28 bits per heavy atom. The summed E-state index contributed by atoms with van der Waals surface area (Å²) in [6.07, 6.45) is 0.141. The van der Waals surface area contributed by atoms with Crippen molar-refractivity contribution in [3.63, 3.8) is 0 Å². The van der Waals surface area contributed by atoms with Crippen molar-refractivity contribution in [1.82, 2.24) is 9.97 Å². The zero-order valence-corrected chi connectivity index (χ0v) is 13.1. The lowest BCUT2D eigenvalue weighted by atomic mass is 10.1. The molecule has 0 unspecified atom stereocenters. The van der Waals surface area contributed by atoms with Crippen LogP contribution < -0.4 is 0 Å². The Morgan fingerprint density at radius 2 is 1.72 bits per heavy atom. The average Bonchev–Trinajstić information content (AvgIpc) is 2.31. The van der Waals surface area contributed by atoms with Crippen LogP contribution in [-0.4, -0.2) is 9.97 Å². The molecule has 1 aromatic carbocycles. The molecule has 1 heterocycles. The molecule has 0 aliphatic rings. The molecule has 94 valence electrons. The van der Waals surface area contributed by atoms with E-state index in [4.69, 9.17) is 34.8 Å². The first-order chi connectivity index (χ1) is 8.49. The summed E-state index contributed by atoms with van der Waals surface area (Å²) in [6, 6.07) is 4.48. The van der Waals surface area contributed by atoms with E-state index in [0.29, 0.717) is 20.0 Å². The molecule has 0 amide bonds. The highest BCUT2D eigenvalue weighted by Gasteiger charge is 2.13. The lowest BCUT2D eigenvalue weighted by molar-refractivity contribution is 0.612. The highest BCUT2D eigenvalue weighted by Crippen LogP contribution is 2.25. The van der Waals surface area contributed by atoms with E-state index in [-0.39, 0.29) is 16.7 Å².